The summed E-state index contributed by atoms with van der Waals surface area (Å²) in [5.41, 5.74) is 4.67. The number of fused-ring (bicyclic) bond motifs is 4. The van der Waals surface area contributed by atoms with Crippen molar-refractivity contribution in [3.8, 4) is 17.2 Å². The Morgan fingerprint density at radius 2 is 1.52 bits per heavy atom. The Balaban J connectivity index is 1.36. The van der Waals surface area contributed by atoms with Gasteiger partial charge >= 0.3 is 0 Å². The molecule has 3 fully saturated rings. The first kappa shape index (κ1) is 35.4. The van der Waals surface area contributed by atoms with Crippen LogP contribution in [-0.4, -0.2) is 48.0 Å². The number of phenols is 1. The number of phenolic OH excluding ortho intramolecular Hbond substituents is 1. The van der Waals surface area contributed by atoms with Crippen LogP contribution in [0.15, 0.2) is 96.6 Å². The number of carbonyl (C=O) groups excluding carboxylic acids is 4. The van der Waals surface area contributed by atoms with Crippen molar-refractivity contribution >= 4 is 46.6 Å². The predicted octanol–water partition coefficient (Wildman–Crippen LogP) is 6.95. The molecule has 10 nitrogen and oxygen atoms in total. The summed E-state index contributed by atoms with van der Waals surface area (Å²) in [5, 5.41) is 12.1. The Kier molecular flexibility index (Phi) is 8.72. The molecule has 0 radical (unpaired) electrons. The molecule has 2 N–H and O–H groups in total. The Hall–Kier alpha value is -5.68. The zero-order chi connectivity index (χ0) is 38.1. The second-order valence-corrected chi connectivity index (χ2v) is 14.6. The Morgan fingerprint density at radius 3 is 2.13 bits per heavy atom. The number of methoxy groups -OCH3 is 2. The van der Waals surface area contributed by atoms with Gasteiger partial charge in [0.05, 0.1) is 48.8 Å². The number of amides is 4. The number of nitrogens with one attached hydrogen (secondary N) is 1. The minimum Gasteiger partial charge on any atom is -0.508 e. The minimum atomic E-state index is -1.66. The molecule has 4 aliphatic rings. The van der Waals surface area contributed by atoms with E-state index in [4.69, 9.17) is 21.1 Å². The van der Waals surface area contributed by atoms with Crippen molar-refractivity contribution < 1.29 is 38.1 Å². The minimum absolute atomic E-state index is 0.0582. The monoisotopic (exact) mass is 749 g/mol. The van der Waals surface area contributed by atoms with Crippen LogP contribution in [0.2, 0.25) is 5.02 Å². The first-order valence-electron chi connectivity index (χ1n) is 17.8. The number of ether oxygens (including phenoxy) is 2. The summed E-state index contributed by atoms with van der Waals surface area (Å²) in [5.74, 6) is -6.33. The van der Waals surface area contributed by atoms with Crippen molar-refractivity contribution in [1.29, 1.82) is 0 Å². The van der Waals surface area contributed by atoms with Crippen molar-refractivity contribution in [2.45, 2.75) is 37.5 Å². The molecule has 276 valence electrons. The van der Waals surface area contributed by atoms with Crippen molar-refractivity contribution in [1.82, 2.24) is 5.01 Å². The smallest absolute Gasteiger partial charge is 0.260 e. The van der Waals surface area contributed by atoms with Crippen LogP contribution >= 0.6 is 11.6 Å². The lowest BCUT2D eigenvalue weighted by atomic mass is 9.49. The quantitative estimate of drug-likeness (QED) is 0.147. The van der Waals surface area contributed by atoms with Gasteiger partial charge in [-0.15, -0.1) is 0 Å². The molecule has 8 rings (SSSR count). The third-order valence-electron chi connectivity index (χ3n) is 11.7. The number of aromatic hydroxyl groups is 1. The van der Waals surface area contributed by atoms with E-state index in [1.807, 2.05) is 25.1 Å². The summed E-state index contributed by atoms with van der Waals surface area (Å²) in [6.45, 7) is 2.02. The van der Waals surface area contributed by atoms with E-state index >= 15 is 4.79 Å². The highest BCUT2D eigenvalue weighted by Crippen LogP contribution is 2.66. The van der Waals surface area contributed by atoms with Crippen molar-refractivity contribution in [2.24, 2.45) is 23.7 Å². The van der Waals surface area contributed by atoms with Gasteiger partial charge in [0.15, 0.2) is 0 Å². The Labute approximate surface area is 316 Å². The van der Waals surface area contributed by atoms with Crippen LogP contribution in [0.5, 0.6) is 17.2 Å². The summed E-state index contributed by atoms with van der Waals surface area (Å²) < 4.78 is 25.7. The predicted molar refractivity (Wildman–Crippen MR) is 199 cm³/mol. The standard InChI is InChI=1S/C42H37ClFN3O7/c1-4-22-5-15-27(16-6-22)46-38(49)30-18-17-29-31(35(30)40(46)51)21-32-39(50)47(45-26-13-11-25(44)12-14-26)41(52)42(32,23-7-9-24(43)10-8-23)37(29)36-33(53-2)19-28(48)20-34(36)54-3/h5-17,19-20,30-32,35,37,45,48H,4,18,21H2,1-3H3/t30-,31+,32-,35-,37+,42+/m0/s1. The molecule has 2 heterocycles. The number of benzene rings is 4. The molecular formula is C42H37ClFN3O7. The lowest BCUT2D eigenvalue weighted by Crippen LogP contribution is -2.53. The van der Waals surface area contributed by atoms with Gasteiger partial charge < -0.3 is 14.6 Å². The zero-order valence-electron chi connectivity index (χ0n) is 29.7. The summed E-state index contributed by atoms with van der Waals surface area (Å²) in [4.78, 5) is 60.4. The highest BCUT2D eigenvalue weighted by atomic mass is 35.5. The molecule has 2 aliphatic heterocycles. The second-order valence-electron chi connectivity index (χ2n) is 14.2. The summed E-state index contributed by atoms with van der Waals surface area (Å²) >= 11 is 6.40. The second kappa shape index (κ2) is 13.3. The molecule has 0 spiro atoms. The van der Waals surface area contributed by atoms with Gasteiger partial charge in [0, 0.05) is 28.6 Å². The molecule has 6 atom stereocenters. The molecule has 1 saturated carbocycles. The van der Waals surface area contributed by atoms with Gasteiger partial charge in [-0.2, -0.15) is 5.01 Å². The van der Waals surface area contributed by atoms with Crippen LogP contribution in [-0.2, 0) is 31.0 Å². The maximum Gasteiger partial charge on any atom is 0.260 e. The fourth-order valence-corrected chi connectivity index (χ4v) is 9.44. The molecular weight excluding hydrogens is 713 g/mol. The molecule has 12 heteroatoms. The Morgan fingerprint density at radius 1 is 0.870 bits per heavy atom. The van der Waals surface area contributed by atoms with E-state index in [2.05, 4.69) is 5.43 Å². The molecule has 0 bridgehead atoms. The number of allylic oxidation sites excluding steroid dienone is 2. The topological polar surface area (TPSA) is 125 Å². The third kappa shape index (κ3) is 5.20. The maximum absolute atomic E-state index is 15.4. The van der Waals surface area contributed by atoms with Gasteiger partial charge in [-0.1, -0.05) is 54.4 Å². The van der Waals surface area contributed by atoms with E-state index in [0.717, 1.165) is 17.0 Å². The van der Waals surface area contributed by atoms with Crippen LogP contribution < -0.4 is 19.8 Å². The Bertz CT molecular complexity index is 2200. The number of rotatable bonds is 8. The van der Waals surface area contributed by atoms with Crippen LogP contribution in [0.25, 0.3) is 0 Å². The highest BCUT2D eigenvalue weighted by molar-refractivity contribution is 6.30. The maximum atomic E-state index is 15.4. The average Bonchev–Trinajstić information content (AvgIpc) is 3.56. The SMILES string of the molecule is CCc1ccc(N2C(=O)[C@H]3[C@H](CC=C4[C@H]3C[C@H]3C(=O)N(Nc5ccc(F)cc5)C(=O)[C@@]3(c3ccc(Cl)cc3)[C@H]4c3c(OC)cc(O)cc3OC)C2=O)cc1. The van der Waals surface area contributed by atoms with E-state index in [-0.39, 0.29) is 41.9 Å². The largest absolute Gasteiger partial charge is 0.508 e. The van der Waals surface area contributed by atoms with Crippen LogP contribution in [0.3, 0.4) is 0 Å². The molecule has 4 aromatic carbocycles. The van der Waals surface area contributed by atoms with Gasteiger partial charge in [0.2, 0.25) is 11.8 Å². The van der Waals surface area contributed by atoms with Gasteiger partial charge in [-0.25, -0.2) is 4.39 Å². The van der Waals surface area contributed by atoms with Crippen LogP contribution in [0.4, 0.5) is 15.8 Å². The number of imide groups is 2. The van der Waals surface area contributed by atoms with Gasteiger partial charge in [-0.05, 0) is 84.8 Å². The van der Waals surface area contributed by atoms with Crippen LogP contribution in [0.1, 0.15) is 42.4 Å². The number of anilines is 2. The van der Waals surface area contributed by atoms with Gasteiger partial charge in [0.1, 0.15) is 23.1 Å². The molecule has 2 aliphatic carbocycles. The average molecular weight is 750 g/mol. The zero-order valence-corrected chi connectivity index (χ0v) is 30.5. The normalized spacial score (nSPS) is 25.9. The number of nitrogens with zero attached hydrogens (tertiary/aromatic N) is 2. The summed E-state index contributed by atoms with van der Waals surface area (Å²) in [6.07, 6.45) is 3.00. The van der Waals surface area contributed by atoms with Crippen molar-refractivity contribution in [3.05, 3.63) is 124 Å². The molecule has 0 aromatic heterocycles. The van der Waals surface area contributed by atoms with Crippen LogP contribution in [0, 0.1) is 29.5 Å². The van der Waals surface area contributed by atoms with Crippen molar-refractivity contribution in [3.63, 3.8) is 0 Å². The lowest BCUT2D eigenvalue weighted by molar-refractivity contribution is -0.138. The molecule has 0 unspecified atom stereocenters. The third-order valence-corrected chi connectivity index (χ3v) is 11.9. The number of aryl methyl sites for hydroxylation is 1. The lowest BCUT2D eigenvalue weighted by Gasteiger charge is -2.51. The fraction of sp³-hybridized carbons (Fsp3) is 0.286. The molecule has 4 amide bonds. The van der Waals surface area contributed by atoms with E-state index in [1.54, 1.807) is 36.4 Å². The van der Waals surface area contributed by atoms with Gasteiger partial charge in [0.25, 0.3) is 11.8 Å². The number of hydrogen-bond donors (Lipinski definition) is 2. The summed E-state index contributed by atoms with van der Waals surface area (Å²) in [7, 11) is 2.86. The van der Waals surface area contributed by atoms with E-state index in [1.165, 1.54) is 55.5 Å². The summed E-state index contributed by atoms with van der Waals surface area (Å²) in [6, 6.07) is 22.2. The van der Waals surface area contributed by atoms with E-state index in [0.29, 0.717) is 33.1 Å². The van der Waals surface area contributed by atoms with Crippen molar-refractivity contribution in [2.75, 3.05) is 24.5 Å². The van der Waals surface area contributed by atoms with E-state index < -0.39 is 52.6 Å². The molecule has 2 saturated heterocycles. The first-order valence-corrected chi connectivity index (χ1v) is 18.2. The highest BCUT2D eigenvalue weighted by Gasteiger charge is 2.71. The number of hydrogen-bond acceptors (Lipinski definition) is 8. The number of halogens is 2. The van der Waals surface area contributed by atoms with Gasteiger partial charge in [-0.3, -0.25) is 29.5 Å². The number of hydrazine groups is 1. The molecule has 54 heavy (non-hydrogen) atoms. The molecule has 4 aromatic rings. The fourth-order valence-electron chi connectivity index (χ4n) is 9.31. The number of carbonyl (C=O) groups is 4. The van der Waals surface area contributed by atoms with E-state index in [9.17, 15) is 23.9 Å². The first-order chi connectivity index (χ1) is 26.0.